The van der Waals surface area contributed by atoms with Crippen LogP contribution in [0.1, 0.15) is 5.69 Å². The molecule has 0 atom stereocenters. The first-order valence-electron chi connectivity index (χ1n) is 5.31. The van der Waals surface area contributed by atoms with Crippen LogP contribution >= 0.6 is 15.9 Å². The number of rotatable bonds is 1. The standard InChI is InChI=1S/C13H10BrN3/c1-8-2-3-9(7-15-8)13-16-11-5-4-10(14)6-12(11)17-13/h2-7H,1H3,(H,16,17). The van der Waals surface area contributed by atoms with Crippen LogP contribution in [0.2, 0.25) is 0 Å². The average molecular weight is 288 g/mol. The zero-order valence-electron chi connectivity index (χ0n) is 9.24. The molecule has 4 heteroatoms. The van der Waals surface area contributed by atoms with Gasteiger partial charge >= 0.3 is 0 Å². The van der Waals surface area contributed by atoms with E-state index < -0.39 is 0 Å². The van der Waals surface area contributed by atoms with Gasteiger partial charge in [0.2, 0.25) is 0 Å². The first kappa shape index (κ1) is 10.5. The van der Waals surface area contributed by atoms with Gasteiger partial charge in [-0.1, -0.05) is 15.9 Å². The Hall–Kier alpha value is -1.68. The van der Waals surface area contributed by atoms with Gasteiger partial charge in [-0.2, -0.15) is 0 Å². The number of benzene rings is 1. The predicted octanol–water partition coefficient (Wildman–Crippen LogP) is 3.70. The van der Waals surface area contributed by atoms with E-state index in [9.17, 15) is 0 Å². The zero-order valence-corrected chi connectivity index (χ0v) is 10.8. The minimum atomic E-state index is 0.852. The number of imidazole rings is 1. The fourth-order valence-electron chi connectivity index (χ4n) is 1.73. The molecule has 0 saturated heterocycles. The number of nitrogens with one attached hydrogen (secondary N) is 1. The lowest BCUT2D eigenvalue weighted by atomic mass is 10.2. The van der Waals surface area contributed by atoms with Crippen molar-refractivity contribution in [3.63, 3.8) is 0 Å². The van der Waals surface area contributed by atoms with E-state index in [1.165, 1.54) is 0 Å². The van der Waals surface area contributed by atoms with Crippen molar-refractivity contribution in [1.82, 2.24) is 15.0 Å². The SMILES string of the molecule is Cc1ccc(-c2nc3ccc(Br)cc3[nH]2)cn1. The summed E-state index contributed by atoms with van der Waals surface area (Å²) in [6.45, 7) is 1.97. The van der Waals surface area contributed by atoms with Crippen molar-refractivity contribution in [3.05, 3.63) is 46.7 Å². The van der Waals surface area contributed by atoms with E-state index in [-0.39, 0.29) is 0 Å². The Morgan fingerprint density at radius 1 is 1.18 bits per heavy atom. The van der Waals surface area contributed by atoms with Crippen LogP contribution in [-0.2, 0) is 0 Å². The normalized spacial score (nSPS) is 10.9. The third-order valence-corrected chi connectivity index (χ3v) is 3.12. The monoisotopic (exact) mass is 287 g/mol. The van der Waals surface area contributed by atoms with Crippen LogP contribution in [0.5, 0.6) is 0 Å². The molecule has 0 saturated carbocycles. The quantitative estimate of drug-likeness (QED) is 0.742. The molecule has 0 aliphatic heterocycles. The van der Waals surface area contributed by atoms with Crippen molar-refractivity contribution in [1.29, 1.82) is 0 Å². The molecule has 2 aromatic heterocycles. The lowest BCUT2D eigenvalue weighted by molar-refractivity contribution is 1.19. The summed E-state index contributed by atoms with van der Waals surface area (Å²) in [7, 11) is 0. The molecule has 84 valence electrons. The lowest BCUT2D eigenvalue weighted by Gasteiger charge is -1.95. The molecule has 0 amide bonds. The molecule has 0 unspecified atom stereocenters. The Labute approximate surface area is 107 Å². The van der Waals surface area contributed by atoms with E-state index in [1.807, 2.05) is 43.5 Å². The van der Waals surface area contributed by atoms with Gasteiger partial charge in [0, 0.05) is 21.9 Å². The minimum Gasteiger partial charge on any atom is -0.338 e. The van der Waals surface area contributed by atoms with Crippen LogP contribution in [0.25, 0.3) is 22.4 Å². The molecule has 1 N–H and O–H groups in total. The van der Waals surface area contributed by atoms with Gasteiger partial charge in [0.05, 0.1) is 11.0 Å². The highest BCUT2D eigenvalue weighted by molar-refractivity contribution is 9.10. The predicted molar refractivity (Wildman–Crippen MR) is 71.8 cm³/mol. The molecule has 3 rings (SSSR count). The maximum absolute atomic E-state index is 4.54. The number of hydrogen-bond acceptors (Lipinski definition) is 2. The number of halogens is 1. The van der Waals surface area contributed by atoms with Gasteiger partial charge in [-0.25, -0.2) is 4.98 Å². The Balaban J connectivity index is 2.14. The summed E-state index contributed by atoms with van der Waals surface area (Å²) in [4.78, 5) is 12.1. The van der Waals surface area contributed by atoms with E-state index in [4.69, 9.17) is 0 Å². The van der Waals surface area contributed by atoms with E-state index in [0.717, 1.165) is 32.6 Å². The van der Waals surface area contributed by atoms with Crippen LogP contribution < -0.4 is 0 Å². The summed E-state index contributed by atoms with van der Waals surface area (Å²) in [6, 6.07) is 10.0. The molecular formula is C13H10BrN3. The van der Waals surface area contributed by atoms with Crippen molar-refractivity contribution < 1.29 is 0 Å². The summed E-state index contributed by atoms with van der Waals surface area (Å²) in [5, 5.41) is 0. The molecule has 17 heavy (non-hydrogen) atoms. The van der Waals surface area contributed by atoms with Crippen LogP contribution in [0.3, 0.4) is 0 Å². The second kappa shape index (κ2) is 3.96. The molecular weight excluding hydrogens is 278 g/mol. The van der Waals surface area contributed by atoms with Crippen LogP contribution in [-0.4, -0.2) is 15.0 Å². The zero-order chi connectivity index (χ0) is 11.8. The van der Waals surface area contributed by atoms with Gasteiger partial charge in [0.25, 0.3) is 0 Å². The van der Waals surface area contributed by atoms with Gasteiger partial charge in [-0.3, -0.25) is 4.98 Å². The highest BCUT2D eigenvalue weighted by Gasteiger charge is 2.05. The lowest BCUT2D eigenvalue weighted by Crippen LogP contribution is -1.84. The Kier molecular flexibility index (Phi) is 2.44. The fraction of sp³-hybridized carbons (Fsp3) is 0.0769. The Bertz CT molecular complexity index is 671. The van der Waals surface area contributed by atoms with Crippen LogP contribution in [0, 0.1) is 6.92 Å². The molecule has 1 aromatic carbocycles. The Morgan fingerprint density at radius 3 is 2.82 bits per heavy atom. The highest BCUT2D eigenvalue weighted by Crippen LogP contribution is 2.22. The third kappa shape index (κ3) is 1.96. The number of nitrogens with zero attached hydrogens (tertiary/aromatic N) is 2. The van der Waals surface area contributed by atoms with Crippen molar-refractivity contribution in [2.24, 2.45) is 0 Å². The van der Waals surface area contributed by atoms with Gasteiger partial charge in [-0.05, 0) is 37.3 Å². The number of H-pyrrole nitrogens is 1. The summed E-state index contributed by atoms with van der Waals surface area (Å²) < 4.78 is 1.04. The molecule has 0 aliphatic rings. The van der Waals surface area contributed by atoms with Gasteiger partial charge in [0.15, 0.2) is 0 Å². The molecule has 3 aromatic rings. The number of hydrogen-bond donors (Lipinski definition) is 1. The number of aromatic amines is 1. The maximum atomic E-state index is 4.54. The highest BCUT2D eigenvalue weighted by atomic mass is 79.9. The van der Waals surface area contributed by atoms with Crippen molar-refractivity contribution in [2.75, 3.05) is 0 Å². The smallest absolute Gasteiger partial charge is 0.140 e. The van der Waals surface area contributed by atoms with E-state index in [1.54, 1.807) is 0 Å². The molecule has 3 nitrogen and oxygen atoms in total. The number of fused-ring (bicyclic) bond motifs is 1. The summed E-state index contributed by atoms with van der Waals surface area (Å²) in [6.07, 6.45) is 1.84. The van der Waals surface area contributed by atoms with E-state index >= 15 is 0 Å². The largest absolute Gasteiger partial charge is 0.338 e. The first-order chi connectivity index (χ1) is 8.22. The average Bonchev–Trinajstić information content (AvgIpc) is 2.72. The first-order valence-corrected chi connectivity index (χ1v) is 6.10. The second-order valence-electron chi connectivity index (χ2n) is 3.94. The van der Waals surface area contributed by atoms with Gasteiger partial charge in [-0.15, -0.1) is 0 Å². The topological polar surface area (TPSA) is 41.6 Å². The minimum absolute atomic E-state index is 0.852. The summed E-state index contributed by atoms with van der Waals surface area (Å²) in [5.74, 6) is 0.852. The number of pyridine rings is 1. The third-order valence-electron chi connectivity index (χ3n) is 2.63. The van der Waals surface area contributed by atoms with Crippen molar-refractivity contribution in [2.45, 2.75) is 6.92 Å². The molecule has 0 spiro atoms. The molecule has 2 heterocycles. The van der Waals surface area contributed by atoms with E-state index in [0.29, 0.717) is 0 Å². The van der Waals surface area contributed by atoms with Crippen LogP contribution in [0.4, 0.5) is 0 Å². The Morgan fingerprint density at radius 2 is 2.06 bits per heavy atom. The van der Waals surface area contributed by atoms with Crippen molar-refractivity contribution >= 4 is 27.0 Å². The van der Waals surface area contributed by atoms with Gasteiger partial charge in [0.1, 0.15) is 5.82 Å². The molecule has 0 bridgehead atoms. The molecule has 0 fully saturated rings. The maximum Gasteiger partial charge on any atom is 0.140 e. The number of aromatic nitrogens is 3. The van der Waals surface area contributed by atoms with Crippen molar-refractivity contribution in [3.8, 4) is 11.4 Å². The summed E-state index contributed by atoms with van der Waals surface area (Å²) >= 11 is 3.45. The van der Waals surface area contributed by atoms with E-state index in [2.05, 4.69) is 30.9 Å². The molecule has 0 radical (unpaired) electrons. The number of aryl methyl sites for hydroxylation is 1. The summed E-state index contributed by atoms with van der Waals surface area (Å²) in [5.41, 5.74) is 3.99. The van der Waals surface area contributed by atoms with Crippen LogP contribution in [0.15, 0.2) is 41.0 Å². The fourth-order valence-corrected chi connectivity index (χ4v) is 2.09. The molecule has 0 aliphatic carbocycles. The second-order valence-corrected chi connectivity index (χ2v) is 4.85. The van der Waals surface area contributed by atoms with Gasteiger partial charge < -0.3 is 4.98 Å².